The Kier molecular flexibility index (Phi) is 19.5. The van der Waals surface area contributed by atoms with Crippen LogP contribution in [0.4, 0.5) is 25.8 Å². The van der Waals surface area contributed by atoms with Gasteiger partial charge in [0, 0.05) is 24.9 Å². The van der Waals surface area contributed by atoms with Gasteiger partial charge in [-0.3, -0.25) is 19.7 Å². The molecule has 0 spiro atoms. The summed E-state index contributed by atoms with van der Waals surface area (Å²) in [5.74, 6) is -0.851. The van der Waals surface area contributed by atoms with Gasteiger partial charge >= 0.3 is 18.3 Å². The van der Waals surface area contributed by atoms with Crippen molar-refractivity contribution >= 4 is 52.9 Å². The molecule has 0 saturated heterocycles. The minimum Gasteiger partial charge on any atom is -0.497 e. The van der Waals surface area contributed by atoms with E-state index in [1.165, 1.54) is 11.0 Å². The second kappa shape index (κ2) is 25.6. The SMILES string of the molecule is C=CCOC(=O)N[C@@H](Cc1ccccc1)C(=O)N[C@@H](CCCCNC(=O)OC(C)(C)C)C(=O)Nc1ccc(COC(=O)Nc2cc(C)c(C)cc2C(=O)N2C=C(c3ccc(OC)cc3)C[C@H]2CO)cc1. The van der Waals surface area contributed by atoms with Crippen molar-refractivity contribution in [1.82, 2.24) is 20.9 Å². The molecule has 0 unspecified atom stereocenters. The van der Waals surface area contributed by atoms with Gasteiger partial charge in [-0.2, -0.15) is 0 Å². The average Bonchev–Trinajstić information content (AvgIpc) is 3.77. The molecule has 4 aromatic carbocycles. The van der Waals surface area contributed by atoms with Crippen LogP contribution in [-0.4, -0.2) is 96.6 Å². The van der Waals surface area contributed by atoms with Crippen LogP contribution in [0.1, 0.15) is 84.6 Å². The molecule has 0 saturated carbocycles. The van der Waals surface area contributed by atoms with Crippen LogP contribution in [0.25, 0.3) is 5.57 Å². The lowest BCUT2D eigenvalue weighted by Crippen LogP contribution is -2.53. The number of aliphatic hydroxyl groups is 1. The van der Waals surface area contributed by atoms with Crippen LogP contribution in [0.15, 0.2) is 110 Å². The van der Waals surface area contributed by atoms with Crippen LogP contribution in [0.5, 0.6) is 5.75 Å². The summed E-state index contributed by atoms with van der Waals surface area (Å²) in [4.78, 5) is 81.4. The first-order valence-corrected chi connectivity index (χ1v) is 23.1. The fourth-order valence-corrected chi connectivity index (χ4v) is 7.39. The van der Waals surface area contributed by atoms with Crippen molar-refractivity contribution in [3.63, 3.8) is 0 Å². The Morgan fingerprint density at radius 2 is 1.50 bits per heavy atom. The van der Waals surface area contributed by atoms with Gasteiger partial charge in [0.15, 0.2) is 0 Å². The zero-order valence-electron chi connectivity index (χ0n) is 40.6. The highest BCUT2D eigenvalue weighted by molar-refractivity contribution is 6.04. The summed E-state index contributed by atoms with van der Waals surface area (Å²) in [5, 5.41) is 23.9. The summed E-state index contributed by atoms with van der Waals surface area (Å²) in [6, 6.07) is 23.8. The van der Waals surface area contributed by atoms with E-state index < -0.39 is 59.7 Å². The summed E-state index contributed by atoms with van der Waals surface area (Å²) in [6.07, 6.45) is 2.54. The second-order valence-electron chi connectivity index (χ2n) is 17.8. The van der Waals surface area contributed by atoms with Crippen molar-refractivity contribution in [3.8, 4) is 5.75 Å². The molecule has 4 aromatic rings. The predicted octanol–water partition coefficient (Wildman–Crippen LogP) is 7.95. The number of nitrogens with one attached hydrogen (secondary N) is 5. The average molecular weight is 961 g/mol. The summed E-state index contributed by atoms with van der Waals surface area (Å²) in [5.41, 5.74) is 4.97. The maximum atomic E-state index is 14.1. The highest BCUT2D eigenvalue weighted by Gasteiger charge is 2.32. The predicted molar refractivity (Wildman–Crippen MR) is 266 cm³/mol. The van der Waals surface area contributed by atoms with Crippen molar-refractivity contribution in [3.05, 3.63) is 143 Å². The Labute approximate surface area is 409 Å². The Hall–Kier alpha value is -7.66. The molecule has 6 N–H and O–H groups in total. The fraction of sp³-hybridized carbons (Fsp3) is 0.358. The largest absolute Gasteiger partial charge is 0.497 e. The standard InChI is InChI=1S/C53H64N6O11/c1-8-26-68-51(65)58-46(29-36-14-10-9-11-15-36)48(62)56-44(16-12-13-25-54-50(64)70-53(4,5)6)47(61)55-40-21-17-37(18-22-40)33-69-52(66)57-45-28-35(3)34(2)27-43(45)49(63)59-31-39(30-41(59)32-60)38-19-23-42(67-7)24-20-38/h8-11,14-15,17-24,27-28,31,41,44,46,60H,1,12-13,16,25-26,29-30,32-33H2,2-7H3,(H,54,64)(H,55,61)(H,56,62)(H,57,66)(H,58,65)/t41-,44-,46-/m0/s1. The molecule has 5 rings (SSSR count). The highest BCUT2D eigenvalue weighted by Crippen LogP contribution is 2.33. The number of methoxy groups -OCH3 is 1. The van der Waals surface area contributed by atoms with Crippen LogP contribution in [0, 0.1) is 13.8 Å². The molecule has 17 heteroatoms. The molecule has 0 aromatic heterocycles. The van der Waals surface area contributed by atoms with Crippen molar-refractivity contribution in [2.75, 3.05) is 37.5 Å². The van der Waals surface area contributed by atoms with Gasteiger partial charge in [0.2, 0.25) is 11.8 Å². The van der Waals surface area contributed by atoms with Gasteiger partial charge in [0.05, 0.1) is 31.0 Å². The van der Waals surface area contributed by atoms with E-state index in [1.54, 1.807) is 70.5 Å². The van der Waals surface area contributed by atoms with Gasteiger partial charge in [-0.25, -0.2) is 14.4 Å². The highest BCUT2D eigenvalue weighted by atomic mass is 16.6. The monoisotopic (exact) mass is 960 g/mol. The number of ether oxygens (including phenoxy) is 4. The zero-order chi connectivity index (χ0) is 50.8. The molecule has 70 heavy (non-hydrogen) atoms. The lowest BCUT2D eigenvalue weighted by Gasteiger charge is -2.24. The van der Waals surface area contributed by atoms with Gasteiger partial charge in [0.1, 0.15) is 36.6 Å². The number of carbonyl (C=O) groups excluding carboxylic acids is 6. The van der Waals surface area contributed by atoms with E-state index in [-0.39, 0.29) is 50.5 Å². The molecular formula is C53H64N6O11. The minimum atomic E-state index is -1.10. The third kappa shape index (κ3) is 16.3. The third-order valence-corrected chi connectivity index (χ3v) is 11.2. The molecule has 0 fully saturated rings. The Bertz CT molecular complexity index is 2490. The van der Waals surface area contributed by atoms with Crippen LogP contribution in [0.2, 0.25) is 0 Å². The van der Waals surface area contributed by atoms with Crippen molar-refractivity contribution in [2.24, 2.45) is 0 Å². The number of anilines is 2. The van der Waals surface area contributed by atoms with E-state index in [4.69, 9.17) is 18.9 Å². The number of hydrogen-bond acceptors (Lipinski definition) is 11. The Morgan fingerprint density at radius 3 is 2.16 bits per heavy atom. The first-order chi connectivity index (χ1) is 33.5. The van der Waals surface area contributed by atoms with Crippen LogP contribution < -0.4 is 31.3 Å². The molecule has 3 atom stereocenters. The smallest absolute Gasteiger partial charge is 0.411 e. The third-order valence-electron chi connectivity index (χ3n) is 11.2. The number of unbranched alkanes of at least 4 members (excludes halogenated alkanes) is 1. The molecular weight excluding hydrogens is 897 g/mol. The topological polar surface area (TPSA) is 223 Å². The number of nitrogens with zero attached hydrogens (tertiary/aromatic N) is 1. The molecule has 1 heterocycles. The number of carbonyl (C=O) groups is 6. The van der Waals surface area contributed by atoms with Crippen LogP contribution >= 0.6 is 0 Å². The molecule has 0 aliphatic carbocycles. The molecule has 0 radical (unpaired) electrons. The van der Waals surface area contributed by atoms with Crippen LogP contribution in [-0.2, 0) is 36.8 Å². The molecule has 17 nitrogen and oxygen atoms in total. The Balaban J connectivity index is 1.23. The number of alkyl carbamates (subject to hydrolysis) is 2. The normalized spacial score (nSPS) is 14.0. The van der Waals surface area contributed by atoms with Gasteiger partial charge in [-0.05, 0) is 130 Å². The number of benzene rings is 4. The number of rotatable bonds is 21. The Morgan fingerprint density at radius 1 is 0.800 bits per heavy atom. The van der Waals surface area contributed by atoms with E-state index in [1.807, 2.05) is 68.4 Å². The lowest BCUT2D eigenvalue weighted by atomic mass is 10.0. The van der Waals surface area contributed by atoms with Crippen LogP contribution in [0.3, 0.4) is 0 Å². The summed E-state index contributed by atoms with van der Waals surface area (Å²) in [6.45, 7) is 12.3. The quantitative estimate of drug-likeness (QED) is 0.0267. The number of hydrogen-bond donors (Lipinski definition) is 6. The van der Waals surface area contributed by atoms with Crippen molar-refractivity contribution in [2.45, 2.75) is 97.1 Å². The maximum Gasteiger partial charge on any atom is 0.411 e. The molecule has 372 valence electrons. The molecule has 6 amide bonds. The number of aliphatic hydroxyl groups excluding tert-OH is 1. The maximum absolute atomic E-state index is 14.1. The van der Waals surface area contributed by atoms with Crippen molar-refractivity contribution in [1.29, 1.82) is 0 Å². The van der Waals surface area contributed by atoms with Gasteiger partial charge < -0.3 is 50.2 Å². The summed E-state index contributed by atoms with van der Waals surface area (Å²) in [7, 11) is 1.58. The van der Waals surface area contributed by atoms with Gasteiger partial charge in [-0.15, -0.1) is 0 Å². The fourth-order valence-electron chi connectivity index (χ4n) is 7.39. The van der Waals surface area contributed by atoms with E-state index in [0.717, 1.165) is 27.8 Å². The van der Waals surface area contributed by atoms with E-state index in [2.05, 4.69) is 33.2 Å². The first kappa shape index (κ1) is 53.3. The summed E-state index contributed by atoms with van der Waals surface area (Å²) >= 11 is 0. The van der Waals surface area contributed by atoms with E-state index >= 15 is 0 Å². The molecule has 1 aliphatic rings. The van der Waals surface area contributed by atoms with E-state index in [9.17, 15) is 33.9 Å². The summed E-state index contributed by atoms with van der Waals surface area (Å²) < 4.78 is 21.2. The van der Waals surface area contributed by atoms with Gasteiger partial charge in [0.25, 0.3) is 5.91 Å². The lowest BCUT2D eigenvalue weighted by molar-refractivity contribution is -0.128. The second-order valence-corrected chi connectivity index (χ2v) is 17.8. The molecule has 0 bridgehead atoms. The molecule has 1 aliphatic heterocycles. The van der Waals surface area contributed by atoms with E-state index in [0.29, 0.717) is 36.3 Å². The van der Waals surface area contributed by atoms with Gasteiger partial charge in [-0.1, -0.05) is 67.3 Å². The number of amides is 6. The number of aryl methyl sites for hydroxylation is 2. The minimum absolute atomic E-state index is 0.0689. The first-order valence-electron chi connectivity index (χ1n) is 23.1. The van der Waals surface area contributed by atoms with Crippen molar-refractivity contribution < 1.29 is 52.8 Å². The zero-order valence-corrected chi connectivity index (χ0v) is 40.6.